The van der Waals surface area contributed by atoms with Gasteiger partial charge in [-0.2, -0.15) is 0 Å². The Morgan fingerprint density at radius 2 is 1.71 bits per heavy atom. The molecule has 0 saturated carbocycles. The van der Waals surface area contributed by atoms with Gasteiger partial charge in [-0.05, 0) is 30.7 Å². The molecule has 0 radical (unpaired) electrons. The second-order valence-electron chi connectivity index (χ2n) is 7.86. The Kier molecular flexibility index (Phi) is 8.97. The van der Waals surface area contributed by atoms with E-state index < -0.39 is 0 Å². The maximum Gasteiger partial charge on any atom is 0.338 e. The molecule has 1 fully saturated rings. The van der Waals surface area contributed by atoms with Gasteiger partial charge >= 0.3 is 12.0 Å². The van der Waals surface area contributed by atoms with Crippen LogP contribution in [0.2, 0.25) is 0 Å². The largest absolute Gasteiger partial charge is 0.462 e. The smallest absolute Gasteiger partial charge is 0.338 e. The quantitative estimate of drug-likeness (QED) is 0.436. The van der Waals surface area contributed by atoms with Crippen LogP contribution in [0.3, 0.4) is 0 Å². The number of hydrogen-bond acceptors (Lipinski definition) is 7. The van der Waals surface area contributed by atoms with Crippen molar-refractivity contribution >= 4 is 46.0 Å². The van der Waals surface area contributed by atoms with Crippen LogP contribution in [0.15, 0.2) is 29.6 Å². The van der Waals surface area contributed by atoms with E-state index in [-0.39, 0.29) is 30.2 Å². The van der Waals surface area contributed by atoms with Gasteiger partial charge in [0.15, 0.2) is 5.13 Å². The van der Waals surface area contributed by atoms with Gasteiger partial charge in [0.2, 0.25) is 11.8 Å². The van der Waals surface area contributed by atoms with E-state index in [0.717, 1.165) is 12.8 Å². The summed E-state index contributed by atoms with van der Waals surface area (Å²) in [5.41, 5.74) is 1.52. The Hall–Kier alpha value is -3.47. The molecule has 2 heterocycles. The average Bonchev–Trinajstić information content (AvgIpc) is 3.26. The van der Waals surface area contributed by atoms with E-state index >= 15 is 0 Å². The van der Waals surface area contributed by atoms with Gasteiger partial charge in [0.25, 0.3) is 0 Å². The van der Waals surface area contributed by atoms with Crippen molar-refractivity contribution in [3.63, 3.8) is 0 Å². The van der Waals surface area contributed by atoms with Gasteiger partial charge in [0.1, 0.15) is 0 Å². The number of aromatic nitrogens is 1. The van der Waals surface area contributed by atoms with Crippen LogP contribution < -0.4 is 10.6 Å². The molecule has 0 aliphatic carbocycles. The first-order chi connectivity index (χ1) is 16.4. The number of unbranched alkanes of at least 4 members (excludes halogenated alkanes) is 1. The first-order valence-corrected chi connectivity index (χ1v) is 12.1. The molecule has 182 valence electrons. The van der Waals surface area contributed by atoms with Crippen molar-refractivity contribution in [1.29, 1.82) is 0 Å². The molecule has 1 aliphatic rings. The van der Waals surface area contributed by atoms with Crippen molar-refractivity contribution in [1.82, 2.24) is 14.8 Å². The van der Waals surface area contributed by atoms with E-state index in [4.69, 9.17) is 4.74 Å². The monoisotopic (exact) mass is 487 g/mol. The molecule has 2 aromatic rings. The normalized spacial score (nSPS) is 13.4. The number of benzene rings is 1. The third kappa shape index (κ3) is 7.27. The van der Waals surface area contributed by atoms with E-state index in [9.17, 15) is 19.2 Å². The lowest BCUT2D eigenvalue weighted by Crippen LogP contribution is -2.51. The highest BCUT2D eigenvalue weighted by Gasteiger charge is 2.23. The summed E-state index contributed by atoms with van der Waals surface area (Å²) >= 11 is 1.24. The van der Waals surface area contributed by atoms with Crippen molar-refractivity contribution in [2.24, 2.45) is 0 Å². The Labute approximate surface area is 202 Å². The van der Waals surface area contributed by atoms with Crippen molar-refractivity contribution in [3.05, 3.63) is 40.9 Å². The minimum Gasteiger partial charge on any atom is -0.462 e. The highest BCUT2D eigenvalue weighted by atomic mass is 32.1. The fraction of sp³-hybridized carbons (Fsp3) is 0.435. The SMILES string of the molecule is CCCCOC(=O)c1ccc(NC(=O)Cc2csc(NC(=O)N3CCN(C(C)=O)CC3)n2)cc1. The predicted molar refractivity (Wildman–Crippen MR) is 129 cm³/mol. The third-order valence-corrected chi connectivity index (χ3v) is 6.06. The molecule has 0 atom stereocenters. The van der Waals surface area contributed by atoms with E-state index in [1.807, 2.05) is 6.92 Å². The van der Waals surface area contributed by atoms with Crippen LogP contribution in [-0.2, 0) is 20.7 Å². The molecule has 1 aromatic carbocycles. The molecule has 10 nitrogen and oxygen atoms in total. The molecule has 11 heteroatoms. The molecule has 34 heavy (non-hydrogen) atoms. The highest BCUT2D eigenvalue weighted by molar-refractivity contribution is 7.13. The minimum atomic E-state index is -0.385. The van der Waals surface area contributed by atoms with Crippen molar-refractivity contribution in [2.45, 2.75) is 33.1 Å². The van der Waals surface area contributed by atoms with E-state index in [0.29, 0.717) is 54.9 Å². The number of nitrogens with zero attached hydrogens (tertiary/aromatic N) is 3. The average molecular weight is 488 g/mol. The van der Waals surface area contributed by atoms with Crippen LogP contribution in [0.5, 0.6) is 0 Å². The number of thiazole rings is 1. The summed E-state index contributed by atoms with van der Waals surface area (Å²) in [5, 5.41) is 7.65. The topological polar surface area (TPSA) is 121 Å². The summed E-state index contributed by atoms with van der Waals surface area (Å²) in [6.07, 6.45) is 1.81. The van der Waals surface area contributed by atoms with Gasteiger partial charge in [-0.3, -0.25) is 14.9 Å². The number of urea groups is 1. The Bertz CT molecular complexity index is 1020. The molecule has 1 aromatic heterocycles. The number of carbonyl (C=O) groups excluding carboxylic acids is 4. The summed E-state index contributed by atoms with van der Waals surface area (Å²) in [5.74, 6) is -0.644. The first kappa shape index (κ1) is 25.2. The molecule has 1 aliphatic heterocycles. The van der Waals surface area contributed by atoms with Crippen molar-refractivity contribution < 1.29 is 23.9 Å². The van der Waals surface area contributed by atoms with Crippen LogP contribution >= 0.6 is 11.3 Å². The van der Waals surface area contributed by atoms with Crippen LogP contribution in [-0.4, -0.2) is 71.4 Å². The summed E-state index contributed by atoms with van der Waals surface area (Å²) in [6, 6.07) is 6.23. The highest BCUT2D eigenvalue weighted by Crippen LogP contribution is 2.18. The molecule has 0 unspecified atom stereocenters. The van der Waals surface area contributed by atoms with Gasteiger partial charge in [-0.15, -0.1) is 11.3 Å². The molecular weight excluding hydrogens is 458 g/mol. The second kappa shape index (κ2) is 12.1. The number of nitrogens with one attached hydrogen (secondary N) is 2. The standard InChI is InChI=1S/C23H29N5O5S/c1-3-4-13-33-21(31)17-5-7-18(8-6-17)24-20(30)14-19-15-34-22(25-19)26-23(32)28-11-9-27(10-12-28)16(2)29/h5-8,15H,3-4,9-14H2,1-2H3,(H,24,30)(H,25,26,32). The number of hydrogen-bond donors (Lipinski definition) is 2. The molecule has 0 bridgehead atoms. The second-order valence-corrected chi connectivity index (χ2v) is 8.72. The minimum absolute atomic E-state index is 0.00348. The van der Waals surface area contributed by atoms with Crippen LogP contribution in [0.4, 0.5) is 15.6 Å². The van der Waals surface area contributed by atoms with Crippen LogP contribution in [0.25, 0.3) is 0 Å². The molecule has 1 saturated heterocycles. The number of esters is 1. The zero-order valence-electron chi connectivity index (χ0n) is 19.3. The number of rotatable bonds is 8. The lowest BCUT2D eigenvalue weighted by atomic mass is 10.2. The molecule has 3 rings (SSSR count). The van der Waals surface area contributed by atoms with E-state index in [1.54, 1.807) is 39.4 Å². The summed E-state index contributed by atoms with van der Waals surface area (Å²) in [6.45, 7) is 5.86. The number of anilines is 2. The number of carbonyl (C=O) groups is 4. The zero-order chi connectivity index (χ0) is 24.5. The maximum absolute atomic E-state index is 12.4. The van der Waals surface area contributed by atoms with Crippen LogP contribution in [0.1, 0.15) is 42.7 Å². The van der Waals surface area contributed by atoms with E-state index in [2.05, 4.69) is 15.6 Å². The molecule has 4 amide bonds. The Morgan fingerprint density at radius 1 is 1.03 bits per heavy atom. The summed E-state index contributed by atoms with van der Waals surface area (Å²) in [4.78, 5) is 55.8. The predicted octanol–water partition coefficient (Wildman–Crippen LogP) is 2.98. The molecule has 2 N–H and O–H groups in total. The lowest BCUT2D eigenvalue weighted by Gasteiger charge is -2.33. The van der Waals surface area contributed by atoms with Gasteiger partial charge < -0.3 is 19.9 Å². The maximum atomic E-state index is 12.4. The molecule has 0 spiro atoms. The molecular formula is C23H29N5O5S. The first-order valence-electron chi connectivity index (χ1n) is 11.2. The summed E-state index contributed by atoms with van der Waals surface area (Å²) in [7, 11) is 0. The number of ether oxygens (including phenoxy) is 1. The number of amides is 4. The van der Waals surface area contributed by atoms with Crippen LogP contribution in [0, 0.1) is 0 Å². The third-order valence-electron chi connectivity index (χ3n) is 5.25. The van der Waals surface area contributed by atoms with Crippen molar-refractivity contribution in [2.75, 3.05) is 43.4 Å². The van der Waals surface area contributed by atoms with Gasteiger partial charge in [0.05, 0.1) is 24.3 Å². The van der Waals surface area contributed by atoms with Gasteiger partial charge in [0, 0.05) is 44.2 Å². The van der Waals surface area contributed by atoms with Crippen molar-refractivity contribution in [3.8, 4) is 0 Å². The van der Waals surface area contributed by atoms with Gasteiger partial charge in [-0.1, -0.05) is 13.3 Å². The lowest BCUT2D eigenvalue weighted by molar-refractivity contribution is -0.130. The number of piperazine rings is 1. The fourth-order valence-electron chi connectivity index (χ4n) is 3.29. The fourth-order valence-corrected chi connectivity index (χ4v) is 3.99. The Morgan fingerprint density at radius 3 is 2.35 bits per heavy atom. The Balaban J connectivity index is 1.45. The summed E-state index contributed by atoms with van der Waals surface area (Å²) < 4.78 is 5.17. The van der Waals surface area contributed by atoms with Gasteiger partial charge in [-0.25, -0.2) is 14.6 Å². The zero-order valence-corrected chi connectivity index (χ0v) is 20.2. The van der Waals surface area contributed by atoms with E-state index in [1.165, 1.54) is 18.3 Å².